The van der Waals surface area contributed by atoms with E-state index in [1.54, 1.807) is 13.1 Å². The first-order chi connectivity index (χ1) is 9.36. The lowest BCUT2D eigenvalue weighted by Crippen LogP contribution is -2.42. The van der Waals surface area contributed by atoms with E-state index in [0.29, 0.717) is 5.69 Å². The number of carbonyl (C=O) groups excluding carboxylic acids is 1. The fourth-order valence-corrected chi connectivity index (χ4v) is 1.71. The molecule has 2 N–H and O–H groups in total. The van der Waals surface area contributed by atoms with Crippen LogP contribution in [0.5, 0.6) is 0 Å². The molecule has 0 saturated carbocycles. The first-order valence-electron chi connectivity index (χ1n) is 6.43. The zero-order valence-electron chi connectivity index (χ0n) is 12.2. The number of carboxylic acids is 1. The molecule has 0 radical (unpaired) electrons. The van der Waals surface area contributed by atoms with Crippen molar-refractivity contribution in [2.45, 2.75) is 32.2 Å². The zero-order chi connectivity index (χ0) is 15.3. The van der Waals surface area contributed by atoms with Crippen LogP contribution in [0.3, 0.4) is 0 Å². The van der Waals surface area contributed by atoms with Crippen LogP contribution in [0, 0.1) is 0 Å². The van der Waals surface area contributed by atoms with Gasteiger partial charge in [-0.25, -0.2) is 4.79 Å². The minimum absolute atomic E-state index is 0.200. The average Bonchev–Trinajstić information content (AvgIpc) is 2.76. The number of nitrogens with zero attached hydrogens (tertiary/aromatic N) is 2. The number of rotatable bonds is 7. The van der Waals surface area contributed by atoms with Crippen molar-refractivity contribution in [2.75, 3.05) is 13.7 Å². The van der Waals surface area contributed by atoms with E-state index in [2.05, 4.69) is 10.4 Å². The number of aliphatic carboxylic acids is 1. The Bertz CT molecular complexity index is 482. The summed E-state index contributed by atoms with van der Waals surface area (Å²) in [5.41, 5.74) is 1.14. The summed E-state index contributed by atoms with van der Waals surface area (Å²) in [4.78, 5) is 23.2. The Balaban J connectivity index is 2.80. The van der Waals surface area contributed by atoms with Crippen LogP contribution in [0.2, 0.25) is 0 Å². The van der Waals surface area contributed by atoms with E-state index in [-0.39, 0.29) is 18.9 Å². The first-order valence-corrected chi connectivity index (χ1v) is 6.43. The molecule has 1 amide bonds. The molecule has 7 heteroatoms. The van der Waals surface area contributed by atoms with Crippen molar-refractivity contribution in [1.82, 2.24) is 15.1 Å². The normalized spacial score (nSPS) is 12.4. The van der Waals surface area contributed by atoms with Gasteiger partial charge in [0.05, 0.1) is 5.69 Å². The number of carboxylic acid groups (broad SMARTS) is 1. The van der Waals surface area contributed by atoms with E-state index in [1.165, 1.54) is 11.8 Å². The van der Waals surface area contributed by atoms with E-state index >= 15 is 0 Å². The van der Waals surface area contributed by atoms with Gasteiger partial charge in [-0.1, -0.05) is 13.8 Å². The smallest absolute Gasteiger partial charge is 0.326 e. The molecule has 0 saturated heterocycles. The molecule has 20 heavy (non-hydrogen) atoms. The number of methoxy groups -OCH3 is 1. The monoisotopic (exact) mass is 283 g/mol. The van der Waals surface area contributed by atoms with Gasteiger partial charge in [-0.15, -0.1) is 0 Å². The van der Waals surface area contributed by atoms with Gasteiger partial charge >= 0.3 is 5.97 Å². The van der Waals surface area contributed by atoms with Gasteiger partial charge in [-0.3, -0.25) is 9.48 Å². The van der Waals surface area contributed by atoms with Gasteiger partial charge < -0.3 is 15.2 Å². The highest BCUT2D eigenvalue weighted by Crippen LogP contribution is 2.13. The molecule has 1 atom stereocenters. The largest absolute Gasteiger partial charge is 0.480 e. The lowest BCUT2D eigenvalue weighted by molar-refractivity contribution is -0.139. The Labute approximate surface area is 117 Å². The zero-order valence-corrected chi connectivity index (χ0v) is 12.2. The van der Waals surface area contributed by atoms with Crippen molar-refractivity contribution in [1.29, 1.82) is 0 Å². The fraction of sp³-hybridized carbons (Fsp3) is 0.615. The Morgan fingerprint density at radius 3 is 2.60 bits per heavy atom. The highest BCUT2D eigenvalue weighted by atomic mass is 16.5. The minimum Gasteiger partial charge on any atom is -0.480 e. The third-order valence-electron chi connectivity index (χ3n) is 2.94. The summed E-state index contributed by atoms with van der Waals surface area (Å²) in [7, 11) is 3.14. The number of hydrogen-bond acceptors (Lipinski definition) is 4. The SMILES string of the molecule is COCCC(NC(=O)c1cc(C(C)C)nn1C)C(=O)O. The van der Waals surface area contributed by atoms with Crippen LogP contribution in [0.1, 0.15) is 42.4 Å². The first kappa shape index (κ1) is 16.2. The fourth-order valence-electron chi connectivity index (χ4n) is 1.71. The highest BCUT2D eigenvalue weighted by molar-refractivity contribution is 5.95. The average molecular weight is 283 g/mol. The Morgan fingerprint density at radius 1 is 1.50 bits per heavy atom. The molecule has 0 fully saturated rings. The third-order valence-corrected chi connectivity index (χ3v) is 2.94. The minimum atomic E-state index is -1.08. The maximum Gasteiger partial charge on any atom is 0.326 e. The summed E-state index contributed by atoms with van der Waals surface area (Å²) in [5, 5.41) is 15.8. The van der Waals surface area contributed by atoms with E-state index in [9.17, 15) is 9.59 Å². The molecule has 0 aliphatic heterocycles. The summed E-state index contributed by atoms with van der Waals surface area (Å²) in [6.45, 7) is 4.21. The molecule has 112 valence electrons. The van der Waals surface area contributed by atoms with Crippen LogP contribution in [0.25, 0.3) is 0 Å². The van der Waals surface area contributed by atoms with Crippen LogP contribution in [-0.4, -0.2) is 46.5 Å². The van der Waals surface area contributed by atoms with Gasteiger partial charge in [0.15, 0.2) is 0 Å². The summed E-state index contributed by atoms with van der Waals surface area (Å²) in [5.74, 6) is -1.33. The predicted octanol–water partition coefficient (Wildman–Crippen LogP) is 0.763. The second-order valence-electron chi connectivity index (χ2n) is 4.88. The predicted molar refractivity (Wildman–Crippen MR) is 72.7 cm³/mol. The molecule has 0 aromatic carbocycles. The number of carbonyl (C=O) groups is 2. The van der Waals surface area contributed by atoms with Crippen LogP contribution in [0.4, 0.5) is 0 Å². The Morgan fingerprint density at radius 2 is 2.15 bits per heavy atom. The second kappa shape index (κ2) is 7.04. The second-order valence-corrected chi connectivity index (χ2v) is 4.88. The Hall–Kier alpha value is -1.89. The summed E-state index contributed by atoms with van der Waals surface area (Å²) < 4.78 is 6.30. The topological polar surface area (TPSA) is 93.5 Å². The third kappa shape index (κ3) is 4.06. The maximum absolute atomic E-state index is 12.1. The summed E-state index contributed by atoms with van der Waals surface area (Å²) >= 11 is 0. The van der Waals surface area contributed by atoms with Gasteiger partial charge in [0.2, 0.25) is 0 Å². The molecule has 1 aromatic heterocycles. The molecular formula is C13H21N3O4. The van der Waals surface area contributed by atoms with Gasteiger partial charge in [-0.05, 0) is 12.0 Å². The lowest BCUT2D eigenvalue weighted by atomic mass is 10.1. The Kier molecular flexibility index (Phi) is 5.69. The van der Waals surface area contributed by atoms with Gasteiger partial charge in [0, 0.05) is 27.2 Å². The van der Waals surface area contributed by atoms with Crippen molar-refractivity contribution in [3.8, 4) is 0 Å². The molecule has 1 heterocycles. The van der Waals surface area contributed by atoms with Crippen molar-refractivity contribution < 1.29 is 19.4 Å². The van der Waals surface area contributed by atoms with Crippen LogP contribution >= 0.6 is 0 Å². The number of hydrogen-bond donors (Lipinski definition) is 2. The number of amides is 1. The quantitative estimate of drug-likeness (QED) is 0.770. The van der Waals surface area contributed by atoms with E-state index in [4.69, 9.17) is 9.84 Å². The van der Waals surface area contributed by atoms with Crippen molar-refractivity contribution in [2.24, 2.45) is 7.05 Å². The van der Waals surface area contributed by atoms with Crippen molar-refractivity contribution in [3.63, 3.8) is 0 Å². The number of nitrogens with one attached hydrogen (secondary N) is 1. The van der Waals surface area contributed by atoms with E-state index in [0.717, 1.165) is 5.69 Å². The molecule has 7 nitrogen and oxygen atoms in total. The number of aromatic nitrogens is 2. The molecule has 1 unspecified atom stereocenters. The molecule has 1 aromatic rings. The number of aryl methyl sites for hydroxylation is 1. The van der Waals surface area contributed by atoms with Gasteiger partial charge in [-0.2, -0.15) is 5.10 Å². The van der Waals surface area contributed by atoms with Crippen LogP contribution in [0.15, 0.2) is 6.07 Å². The van der Waals surface area contributed by atoms with Gasteiger partial charge in [0.1, 0.15) is 11.7 Å². The maximum atomic E-state index is 12.1. The van der Waals surface area contributed by atoms with E-state index in [1.807, 2.05) is 13.8 Å². The molecule has 1 rings (SSSR count). The molecular weight excluding hydrogens is 262 g/mol. The van der Waals surface area contributed by atoms with Crippen molar-refractivity contribution >= 4 is 11.9 Å². The molecule has 0 aliphatic rings. The molecule has 0 spiro atoms. The lowest BCUT2D eigenvalue weighted by Gasteiger charge is -2.13. The van der Waals surface area contributed by atoms with Gasteiger partial charge in [0.25, 0.3) is 5.91 Å². The standard InChI is InChI=1S/C13H21N3O4/c1-8(2)10-7-11(16(3)15-10)12(17)14-9(13(18)19)5-6-20-4/h7-9H,5-6H2,1-4H3,(H,14,17)(H,18,19). The highest BCUT2D eigenvalue weighted by Gasteiger charge is 2.22. The van der Waals surface area contributed by atoms with Crippen LogP contribution in [-0.2, 0) is 16.6 Å². The number of ether oxygens (including phenoxy) is 1. The molecule has 0 bridgehead atoms. The summed E-state index contributed by atoms with van der Waals surface area (Å²) in [6, 6.07) is 0.703. The van der Waals surface area contributed by atoms with Crippen LogP contribution < -0.4 is 5.32 Å². The summed E-state index contributed by atoms with van der Waals surface area (Å²) in [6.07, 6.45) is 0.215. The van der Waals surface area contributed by atoms with E-state index < -0.39 is 17.9 Å². The van der Waals surface area contributed by atoms with Crippen molar-refractivity contribution in [3.05, 3.63) is 17.5 Å². The molecule has 0 aliphatic carbocycles.